The maximum atomic E-state index is 14.1. The molecule has 1 saturated heterocycles. The number of fused-ring (bicyclic) bond motifs is 1. The summed E-state index contributed by atoms with van der Waals surface area (Å²) in [6.07, 6.45) is -5.04. The van der Waals surface area contributed by atoms with Crippen molar-refractivity contribution in [1.82, 2.24) is 4.90 Å². The average molecular weight is 768 g/mol. The first-order valence-electron chi connectivity index (χ1n) is 15.3. The van der Waals surface area contributed by atoms with Crippen LogP contribution >= 0.6 is 0 Å². The minimum absolute atomic E-state index is 0.178. The van der Waals surface area contributed by atoms with Crippen LogP contribution in [-0.4, -0.2) is 96.4 Å². The van der Waals surface area contributed by atoms with E-state index >= 15 is 0 Å². The molecule has 0 aliphatic carbocycles. The van der Waals surface area contributed by atoms with E-state index in [1.807, 2.05) is 63.2 Å². The van der Waals surface area contributed by atoms with Crippen LogP contribution in [0.15, 0.2) is 71.7 Å². The van der Waals surface area contributed by atoms with Crippen molar-refractivity contribution in [2.45, 2.75) is 72.0 Å². The van der Waals surface area contributed by atoms with Gasteiger partial charge in [-0.15, -0.1) is 0 Å². The zero-order valence-electron chi connectivity index (χ0n) is 27.4. The summed E-state index contributed by atoms with van der Waals surface area (Å²) >= 11 is -1.40. The van der Waals surface area contributed by atoms with Crippen molar-refractivity contribution in [1.29, 1.82) is 0 Å². The summed E-state index contributed by atoms with van der Waals surface area (Å²) in [5, 5.41) is 0. The molecule has 3 aromatic rings. The molecule has 0 aromatic heterocycles. The van der Waals surface area contributed by atoms with Gasteiger partial charge in [0.25, 0.3) is 0 Å². The summed E-state index contributed by atoms with van der Waals surface area (Å²) in [4.78, 5) is 71.6. The number of amides is 2. The number of benzene rings is 3. The molecule has 2 heterocycles. The van der Waals surface area contributed by atoms with Crippen LogP contribution < -0.4 is 3.61 Å². The Morgan fingerprint density at radius 1 is 0.771 bits per heavy atom. The Bertz CT molecular complexity index is 1730. The monoisotopic (exact) mass is 770 g/mol. The third-order valence-electron chi connectivity index (χ3n) is 7.99. The van der Waals surface area contributed by atoms with E-state index in [9.17, 15) is 24.0 Å². The second kappa shape index (κ2) is 14.8. The Kier molecular flexibility index (Phi) is 10.8. The molecule has 2 amide bonds. The molecular weight excluding hydrogens is 732 g/mol. The fourth-order valence-corrected chi connectivity index (χ4v) is 8.59. The summed E-state index contributed by atoms with van der Waals surface area (Å²) in [6.45, 7) is 9.07. The number of hydrogen-bond donors (Lipinski definition) is 0. The molecule has 250 valence electrons. The standard InChI is InChI=1S/C36H36N2O9Te/c1-19-14-16-25(17-15-19)48-34(37-29-20(2)10-9-11-21(29)3)33-30(38-35(42)26-12-7-8-13-27(26)36(38)43)32(46-24(6)41)31(45-23(5)40)28(47-33)18-44-22(4)39/h7-17,28,30-33H,18H2,1-6H3/t28-,30-,31-,32-,33-/m1/s1. The van der Waals surface area contributed by atoms with Crippen LogP contribution in [0.4, 0.5) is 5.69 Å². The maximum absolute atomic E-state index is 14.1. The average Bonchev–Trinajstić information content (AvgIpc) is 3.28. The molecule has 1 fully saturated rings. The fraction of sp³-hybridized carbons (Fsp3) is 0.333. The molecular formula is C36H36N2O9Te. The first kappa shape index (κ1) is 35.0. The molecule has 0 radical (unpaired) electrons. The van der Waals surface area contributed by atoms with Crippen molar-refractivity contribution >= 4 is 63.7 Å². The first-order chi connectivity index (χ1) is 22.8. The molecule has 11 nitrogen and oxygen atoms in total. The fourth-order valence-electron chi connectivity index (χ4n) is 5.85. The van der Waals surface area contributed by atoms with Gasteiger partial charge in [0.15, 0.2) is 0 Å². The van der Waals surface area contributed by atoms with Gasteiger partial charge in [-0.3, -0.25) is 0 Å². The third kappa shape index (κ3) is 7.51. The molecule has 0 bridgehead atoms. The SMILES string of the molecule is CC(=O)OC[C@H]1O[C@@H](C(=Nc2c(C)cccc2C)[Te]c2ccc(C)cc2)[C@H](N2C(=O)c3ccccc3C2=O)[C@@H](OC(C)=O)[C@@H]1OC(C)=O. The van der Waals surface area contributed by atoms with Crippen LogP contribution in [0.3, 0.4) is 0 Å². The number of carbonyl (C=O) groups excluding carboxylic acids is 5. The molecule has 3 aromatic carbocycles. The van der Waals surface area contributed by atoms with Gasteiger partial charge in [0.2, 0.25) is 0 Å². The van der Waals surface area contributed by atoms with Crippen molar-refractivity contribution < 1.29 is 42.9 Å². The summed E-state index contributed by atoms with van der Waals surface area (Å²) in [5.41, 5.74) is 3.90. The number of hydrogen-bond acceptors (Lipinski definition) is 10. The number of imide groups is 1. The molecule has 2 aliphatic heterocycles. The minimum atomic E-state index is -1.40. The molecule has 0 saturated carbocycles. The number of aliphatic imine (C=N–C) groups is 1. The van der Waals surface area contributed by atoms with Crippen LogP contribution in [0.25, 0.3) is 0 Å². The molecule has 5 rings (SSSR count). The molecule has 0 unspecified atom stereocenters. The molecule has 2 aliphatic rings. The van der Waals surface area contributed by atoms with E-state index in [1.54, 1.807) is 24.3 Å². The number of rotatable bonds is 9. The van der Waals surface area contributed by atoms with Crippen molar-refractivity contribution in [3.63, 3.8) is 0 Å². The van der Waals surface area contributed by atoms with Gasteiger partial charge in [-0.05, 0) is 0 Å². The Labute approximate surface area is 288 Å². The Morgan fingerprint density at radius 3 is 1.88 bits per heavy atom. The summed E-state index contributed by atoms with van der Waals surface area (Å²) in [6, 6.07) is 18.9. The van der Waals surface area contributed by atoms with E-state index in [2.05, 4.69) is 0 Å². The zero-order valence-corrected chi connectivity index (χ0v) is 29.8. The van der Waals surface area contributed by atoms with E-state index < -0.39 is 81.1 Å². The third-order valence-corrected chi connectivity index (χ3v) is 11.0. The number of para-hydroxylation sites is 1. The van der Waals surface area contributed by atoms with E-state index in [1.165, 1.54) is 20.8 Å². The van der Waals surface area contributed by atoms with Crippen molar-refractivity contribution in [2.24, 2.45) is 4.99 Å². The Balaban J connectivity index is 1.76. The molecule has 0 N–H and O–H groups in total. The van der Waals surface area contributed by atoms with Crippen molar-refractivity contribution in [3.05, 3.63) is 94.5 Å². The van der Waals surface area contributed by atoms with Gasteiger partial charge < -0.3 is 0 Å². The predicted molar refractivity (Wildman–Crippen MR) is 177 cm³/mol. The van der Waals surface area contributed by atoms with Gasteiger partial charge in [-0.2, -0.15) is 0 Å². The van der Waals surface area contributed by atoms with E-state index in [4.69, 9.17) is 23.9 Å². The van der Waals surface area contributed by atoms with Crippen LogP contribution in [0.5, 0.6) is 0 Å². The van der Waals surface area contributed by atoms with Crippen molar-refractivity contribution in [2.75, 3.05) is 6.61 Å². The van der Waals surface area contributed by atoms with Gasteiger partial charge in [0, 0.05) is 0 Å². The van der Waals surface area contributed by atoms with Gasteiger partial charge in [0.1, 0.15) is 0 Å². The van der Waals surface area contributed by atoms with E-state index in [0.717, 1.165) is 25.2 Å². The van der Waals surface area contributed by atoms with Crippen LogP contribution in [0.2, 0.25) is 0 Å². The normalized spacial score (nSPS) is 22.2. The van der Waals surface area contributed by atoms with Gasteiger partial charge >= 0.3 is 290 Å². The number of aryl methyl sites for hydroxylation is 3. The van der Waals surface area contributed by atoms with Crippen LogP contribution in [0, 0.1) is 20.8 Å². The zero-order chi connectivity index (χ0) is 34.7. The van der Waals surface area contributed by atoms with Gasteiger partial charge in [-0.25, -0.2) is 0 Å². The van der Waals surface area contributed by atoms with Crippen LogP contribution in [0.1, 0.15) is 58.2 Å². The molecule has 48 heavy (non-hydrogen) atoms. The topological polar surface area (TPSA) is 138 Å². The number of nitrogens with zero attached hydrogens (tertiary/aromatic N) is 2. The quantitative estimate of drug-likeness (QED) is 0.105. The van der Waals surface area contributed by atoms with Gasteiger partial charge in [0.05, 0.1) is 0 Å². The van der Waals surface area contributed by atoms with Gasteiger partial charge in [-0.1, -0.05) is 0 Å². The van der Waals surface area contributed by atoms with E-state index in [-0.39, 0.29) is 17.7 Å². The second-order valence-corrected chi connectivity index (χ2v) is 14.8. The summed E-state index contributed by atoms with van der Waals surface area (Å²) < 4.78 is 25.1. The molecule has 0 spiro atoms. The number of ether oxygens (including phenoxy) is 4. The van der Waals surface area contributed by atoms with E-state index in [0.29, 0.717) is 9.45 Å². The van der Waals surface area contributed by atoms with Crippen LogP contribution in [-0.2, 0) is 33.3 Å². The van der Waals surface area contributed by atoms with Crippen molar-refractivity contribution in [3.8, 4) is 0 Å². The summed E-state index contributed by atoms with van der Waals surface area (Å²) in [5.74, 6) is -3.32. The number of esters is 3. The Hall–Kier alpha value is -4.37. The second-order valence-electron chi connectivity index (χ2n) is 11.7. The summed E-state index contributed by atoms with van der Waals surface area (Å²) in [7, 11) is 0. The predicted octanol–water partition coefficient (Wildman–Crippen LogP) is 3.53. The molecule has 12 heteroatoms. The first-order valence-corrected chi connectivity index (χ1v) is 17.7. The Morgan fingerprint density at radius 2 is 1.33 bits per heavy atom. The molecule has 5 atom stereocenters. The number of carbonyl (C=O) groups is 5.